The van der Waals surface area contributed by atoms with Crippen LogP contribution in [0.25, 0.3) is 10.9 Å². The van der Waals surface area contributed by atoms with Crippen molar-refractivity contribution in [1.82, 2.24) is 9.55 Å². The number of thiazole rings is 1. The summed E-state index contributed by atoms with van der Waals surface area (Å²) in [6.07, 6.45) is 0. The number of amides is 1. The second kappa shape index (κ2) is 7.85. The lowest BCUT2D eigenvalue weighted by atomic mass is 10.1. The second-order valence-electron chi connectivity index (χ2n) is 6.76. The highest BCUT2D eigenvalue weighted by Gasteiger charge is 2.15. The van der Waals surface area contributed by atoms with Crippen molar-refractivity contribution < 1.29 is 4.79 Å². The molecule has 7 heteroatoms. The largest absolute Gasteiger partial charge is 0.322 e. The number of para-hydroxylation sites is 1. The molecule has 0 spiro atoms. The molecule has 0 saturated carbocycles. The van der Waals surface area contributed by atoms with E-state index in [2.05, 4.69) is 10.3 Å². The molecule has 0 unspecified atom stereocenters. The van der Waals surface area contributed by atoms with Gasteiger partial charge in [-0.15, -0.1) is 11.3 Å². The molecule has 0 aliphatic rings. The molecule has 4 rings (SSSR count). The van der Waals surface area contributed by atoms with Gasteiger partial charge in [-0.05, 0) is 43.7 Å². The first-order chi connectivity index (χ1) is 13.9. The molecule has 5 nitrogen and oxygen atoms in total. The van der Waals surface area contributed by atoms with E-state index < -0.39 is 0 Å². The van der Waals surface area contributed by atoms with Crippen molar-refractivity contribution >= 4 is 45.6 Å². The summed E-state index contributed by atoms with van der Waals surface area (Å²) >= 11 is 3.22. The molecule has 2 heterocycles. The minimum Gasteiger partial charge on any atom is -0.322 e. The molecule has 0 aliphatic heterocycles. The van der Waals surface area contributed by atoms with E-state index in [1.165, 1.54) is 6.07 Å². The van der Waals surface area contributed by atoms with Crippen molar-refractivity contribution in [2.24, 2.45) is 7.05 Å². The highest BCUT2D eigenvalue weighted by molar-refractivity contribution is 8.01. The van der Waals surface area contributed by atoms with Crippen LogP contribution in [0.1, 0.15) is 21.6 Å². The van der Waals surface area contributed by atoms with Gasteiger partial charge >= 0.3 is 0 Å². The zero-order valence-corrected chi connectivity index (χ0v) is 17.9. The quantitative estimate of drug-likeness (QED) is 0.503. The van der Waals surface area contributed by atoms with Crippen LogP contribution >= 0.6 is 23.1 Å². The molecule has 2 aromatic heterocycles. The molecule has 1 N–H and O–H groups in total. The third-order valence-electron chi connectivity index (χ3n) is 4.65. The van der Waals surface area contributed by atoms with Crippen LogP contribution in [0.5, 0.6) is 0 Å². The molecule has 0 fully saturated rings. The minimum atomic E-state index is -0.294. The number of anilines is 1. The predicted octanol–water partition coefficient (Wildman–Crippen LogP) is 5.02. The maximum atomic E-state index is 12.9. The van der Waals surface area contributed by atoms with Crippen molar-refractivity contribution in [3.8, 4) is 0 Å². The summed E-state index contributed by atoms with van der Waals surface area (Å²) in [5, 5.41) is 5.72. The Labute approximate surface area is 176 Å². The van der Waals surface area contributed by atoms with Crippen molar-refractivity contribution in [1.29, 1.82) is 0 Å². The Hall–Kier alpha value is -2.90. The van der Waals surface area contributed by atoms with E-state index in [0.717, 1.165) is 37.1 Å². The first kappa shape index (κ1) is 19.4. The monoisotopic (exact) mass is 421 g/mol. The van der Waals surface area contributed by atoms with E-state index in [1.54, 1.807) is 34.7 Å². The van der Waals surface area contributed by atoms with Crippen LogP contribution in [0.3, 0.4) is 0 Å². The van der Waals surface area contributed by atoms with Gasteiger partial charge in [0.05, 0.1) is 11.1 Å². The number of benzene rings is 2. The van der Waals surface area contributed by atoms with Crippen LogP contribution in [-0.2, 0) is 7.05 Å². The first-order valence-electron chi connectivity index (χ1n) is 9.03. The van der Waals surface area contributed by atoms with Gasteiger partial charge in [-0.25, -0.2) is 4.98 Å². The van der Waals surface area contributed by atoms with Gasteiger partial charge in [-0.3, -0.25) is 9.59 Å². The molecular weight excluding hydrogens is 402 g/mol. The van der Waals surface area contributed by atoms with E-state index in [9.17, 15) is 9.59 Å². The molecule has 2 aromatic carbocycles. The molecule has 1 amide bonds. The van der Waals surface area contributed by atoms with Gasteiger partial charge in [0.25, 0.3) is 11.5 Å². The minimum absolute atomic E-state index is 0.212. The number of aromatic nitrogens is 2. The normalized spacial score (nSPS) is 11.0. The maximum absolute atomic E-state index is 12.9. The van der Waals surface area contributed by atoms with Crippen LogP contribution < -0.4 is 10.9 Å². The Balaban J connectivity index is 1.61. The van der Waals surface area contributed by atoms with E-state index >= 15 is 0 Å². The maximum Gasteiger partial charge on any atom is 0.256 e. The molecule has 146 valence electrons. The van der Waals surface area contributed by atoms with Crippen molar-refractivity contribution in [3.63, 3.8) is 0 Å². The number of nitrogens with zero attached hydrogens (tertiary/aromatic N) is 2. The molecule has 0 atom stereocenters. The van der Waals surface area contributed by atoms with E-state index in [1.807, 2.05) is 61.7 Å². The second-order valence-corrected chi connectivity index (χ2v) is 8.94. The summed E-state index contributed by atoms with van der Waals surface area (Å²) in [5.41, 5.74) is 3.58. The Bertz CT molecular complexity index is 1290. The third-order valence-corrected chi connectivity index (χ3v) is 6.69. The number of aryl methyl sites for hydroxylation is 3. The van der Waals surface area contributed by atoms with E-state index in [-0.39, 0.29) is 11.5 Å². The Morgan fingerprint density at radius 3 is 2.66 bits per heavy atom. The molecular formula is C22H19N3O2S2. The molecule has 0 aliphatic carbocycles. The fraction of sp³-hybridized carbons (Fsp3) is 0.136. The van der Waals surface area contributed by atoms with Crippen molar-refractivity contribution in [2.45, 2.75) is 23.1 Å². The summed E-state index contributed by atoms with van der Waals surface area (Å²) in [5.74, 6) is -0.294. The average molecular weight is 422 g/mol. The lowest BCUT2D eigenvalue weighted by Crippen LogP contribution is -2.21. The number of carbonyl (C=O) groups excluding carboxylic acids is 1. The highest BCUT2D eigenvalue weighted by atomic mass is 32.2. The summed E-state index contributed by atoms with van der Waals surface area (Å²) in [6.45, 7) is 3.93. The number of hydrogen-bond acceptors (Lipinski definition) is 5. The predicted molar refractivity (Wildman–Crippen MR) is 119 cm³/mol. The SMILES string of the molecule is Cc1csc(Sc2ccc(NC(=O)c3cc(=O)n(C)c4ccccc34)c(C)c2)n1. The fourth-order valence-corrected chi connectivity index (χ4v) is 5.02. The molecule has 4 aromatic rings. The summed E-state index contributed by atoms with van der Waals surface area (Å²) in [7, 11) is 1.71. The fourth-order valence-electron chi connectivity index (χ4n) is 3.11. The Morgan fingerprint density at radius 1 is 1.14 bits per heavy atom. The van der Waals surface area contributed by atoms with Crippen molar-refractivity contribution in [2.75, 3.05) is 5.32 Å². The van der Waals surface area contributed by atoms with Gasteiger partial charge < -0.3 is 9.88 Å². The van der Waals surface area contributed by atoms with Gasteiger partial charge in [0, 0.05) is 40.2 Å². The molecule has 29 heavy (non-hydrogen) atoms. The lowest BCUT2D eigenvalue weighted by molar-refractivity contribution is 0.102. The number of carbonyl (C=O) groups is 1. The number of nitrogens with one attached hydrogen (secondary N) is 1. The summed E-state index contributed by atoms with van der Waals surface area (Å²) in [6, 6.07) is 14.7. The molecule has 0 bridgehead atoms. The van der Waals surface area contributed by atoms with Crippen LogP contribution in [0, 0.1) is 13.8 Å². The third kappa shape index (κ3) is 3.97. The average Bonchev–Trinajstić information content (AvgIpc) is 3.11. The Morgan fingerprint density at radius 2 is 1.93 bits per heavy atom. The van der Waals surface area contributed by atoms with E-state index in [0.29, 0.717) is 5.56 Å². The summed E-state index contributed by atoms with van der Waals surface area (Å²) < 4.78 is 2.54. The highest BCUT2D eigenvalue weighted by Crippen LogP contribution is 2.32. The zero-order valence-electron chi connectivity index (χ0n) is 16.2. The van der Waals surface area contributed by atoms with Crippen LogP contribution in [0.4, 0.5) is 5.69 Å². The zero-order chi connectivity index (χ0) is 20.5. The van der Waals surface area contributed by atoms with Gasteiger partial charge in [-0.1, -0.05) is 30.0 Å². The van der Waals surface area contributed by atoms with Crippen molar-refractivity contribution in [3.05, 3.63) is 81.1 Å². The van der Waals surface area contributed by atoms with Gasteiger partial charge in [0.1, 0.15) is 0 Å². The number of fused-ring (bicyclic) bond motifs is 1. The van der Waals surface area contributed by atoms with Gasteiger partial charge in [0.2, 0.25) is 0 Å². The number of rotatable bonds is 4. The Kier molecular flexibility index (Phi) is 5.25. The molecule has 0 saturated heterocycles. The lowest BCUT2D eigenvalue weighted by Gasteiger charge is -2.12. The number of pyridine rings is 1. The molecule has 0 radical (unpaired) electrons. The number of hydrogen-bond donors (Lipinski definition) is 1. The van der Waals surface area contributed by atoms with Gasteiger partial charge in [-0.2, -0.15) is 0 Å². The van der Waals surface area contributed by atoms with Crippen LogP contribution in [-0.4, -0.2) is 15.5 Å². The first-order valence-corrected chi connectivity index (χ1v) is 10.7. The standard InChI is InChI=1S/C22H19N3O2S2/c1-13-10-15(29-22-23-14(2)12-28-22)8-9-18(13)24-21(27)17-11-20(26)25(3)19-7-5-4-6-16(17)19/h4-12H,1-3H3,(H,24,27). The van der Waals surface area contributed by atoms with Crippen LogP contribution in [0.15, 0.2) is 67.9 Å². The van der Waals surface area contributed by atoms with Crippen LogP contribution in [0.2, 0.25) is 0 Å². The van der Waals surface area contributed by atoms with Gasteiger partial charge in [0.15, 0.2) is 4.34 Å². The summed E-state index contributed by atoms with van der Waals surface area (Å²) in [4.78, 5) is 30.8. The topological polar surface area (TPSA) is 64.0 Å². The van der Waals surface area contributed by atoms with E-state index in [4.69, 9.17) is 0 Å². The smallest absolute Gasteiger partial charge is 0.256 e.